The Balaban J connectivity index is 1.91. The molecule has 1 N–H and O–H groups in total. The highest BCUT2D eigenvalue weighted by atomic mass is 16.5. The van der Waals surface area contributed by atoms with E-state index in [9.17, 15) is 9.59 Å². The molecular formula is C21H24N4O4. The predicted molar refractivity (Wildman–Crippen MR) is 109 cm³/mol. The molecule has 1 aromatic carbocycles. The van der Waals surface area contributed by atoms with Gasteiger partial charge in [-0.1, -0.05) is 13.0 Å². The van der Waals surface area contributed by atoms with E-state index in [-0.39, 0.29) is 17.4 Å². The number of H-pyrrole nitrogens is 1. The van der Waals surface area contributed by atoms with Crippen molar-refractivity contribution in [1.29, 1.82) is 0 Å². The number of hydrogen-bond donors (Lipinski definition) is 1. The zero-order valence-corrected chi connectivity index (χ0v) is 17.0. The van der Waals surface area contributed by atoms with Gasteiger partial charge in [0.15, 0.2) is 17.1 Å². The minimum Gasteiger partial charge on any atom is -0.493 e. The summed E-state index contributed by atoms with van der Waals surface area (Å²) in [6, 6.07) is 7.17. The normalized spacial score (nSPS) is 16.6. The number of nitrogens with one attached hydrogen (secondary N) is 1. The molecule has 0 bridgehead atoms. The number of aryl methyl sites for hydroxylation is 1. The molecule has 8 nitrogen and oxygen atoms in total. The van der Waals surface area contributed by atoms with E-state index in [1.807, 2.05) is 25.1 Å². The lowest BCUT2D eigenvalue weighted by Gasteiger charge is -2.11. The third kappa shape index (κ3) is 3.14. The van der Waals surface area contributed by atoms with Crippen LogP contribution in [0.1, 0.15) is 30.7 Å². The van der Waals surface area contributed by atoms with Crippen molar-refractivity contribution in [2.24, 2.45) is 0 Å². The maximum atomic E-state index is 12.8. The van der Waals surface area contributed by atoms with Crippen LogP contribution >= 0.6 is 0 Å². The molecule has 2 aromatic heterocycles. The summed E-state index contributed by atoms with van der Waals surface area (Å²) in [5, 5.41) is 3.17. The average Bonchev–Trinajstić information content (AvgIpc) is 3.27. The number of likely N-dealkylation sites (N-methyl/N-ethyl adjacent to an activating group) is 1. The number of amides is 1. The number of rotatable bonds is 5. The maximum Gasteiger partial charge on any atom is 0.272 e. The van der Waals surface area contributed by atoms with Crippen molar-refractivity contribution in [1.82, 2.24) is 19.5 Å². The molecule has 1 atom stereocenters. The Kier molecular flexibility index (Phi) is 4.77. The van der Waals surface area contributed by atoms with Gasteiger partial charge >= 0.3 is 0 Å². The highest BCUT2D eigenvalue weighted by molar-refractivity contribution is 5.82. The highest BCUT2D eigenvalue weighted by Gasteiger charge is 2.30. The van der Waals surface area contributed by atoms with Crippen molar-refractivity contribution in [2.75, 3.05) is 27.8 Å². The van der Waals surface area contributed by atoms with Crippen LogP contribution in [-0.2, 0) is 11.2 Å². The highest BCUT2D eigenvalue weighted by Crippen LogP contribution is 2.36. The summed E-state index contributed by atoms with van der Waals surface area (Å²) in [6.07, 6.45) is 1.07. The zero-order valence-electron chi connectivity index (χ0n) is 17.0. The second kappa shape index (κ2) is 7.27. The number of nitrogens with zero attached hydrogens (tertiary/aromatic N) is 3. The molecule has 29 heavy (non-hydrogen) atoms. The summed E-state index contributed by atoms with van der Waals surface area (Å²) in [5.41, 5.74) is 3.65. The first-order valence-corrected chi connectivity index (χ1v) is 9.57. The molecule has 8 heteroatoms. The molecule has 0 saturated carbocycles. The third-order valence-electron chi connectivity index (χ3n) is 5.50. The molecule has 1 aliphatic rings. The number of hydrogen-bond acceptors (Lipinski definition) is 5. The van der Waals surface area contributed by atoms with Crippen LogP contribution in [0.15, 0.2) is 29.1 Å². The van der Waals surface area contributed by atoms with Gasteiger partial charge in [-0.15, -0.1) is 0 Å². The van der Waals surface area contributed by atoms with E-state index < -0.39 is 0 Å². The summed E-state index contributed by atoms with van der Waals surface area (Å²) in [4.78, 5) is 31.3. The van der Waals surface area contributed by atoms with Crippen LogP contribution in [0.2, 0.25) is 0 Å². The number of carbonyl (C=O) groups excluding carboxylic acids is 1. The van der Waals surface area contributed by atoms with Gasteiger partial charge in [-0.3, -0.25) is 14.7 Å². The smallest absolute Gasteiger partial charge is 0.272 e. The van der Waals surface area contributed by atoms with E-state index in [2.05, 4.69) is 5.10 Å². The van der Waals surface area contributed by atoms with Gasteiger partial charge in [0.1, 0.15) is 0 Å². The van der Waals surface area contributed by atoms with Crippen molar-refractivity contribution < 1.29 is 14.3 Å². The van der Waals surface area contributed by atoms with E-state index in [0.717, 1.165) is 16.8 Å². The minimum atomic E-state index is -0.187. The summed E-state index contributed by atoms with van der Waals surface area (Å²) < 4.78 is 12.3. The molecule has 1 amide bonds. The van der Waals surface area contributed by atoms with Crippen LogP contribution in [0.3, 0.4) is 0 Å². The van der Waals surface area contributed by atoms with Gasteiger partial charge in [-0.25, -0.2) is 9.50 Å². The van der Waals surface area contributed by atoms with Gasteiger partial charge in [0.05, 0.1) is 19.9 Å². The fourth-order valence-corrected chi connectivity index (χ4v) is 3.92. The number of aromatic amines is 1. The van der Waals surface area contributed by atoms with Crippen molar-refractivity contribution in [2.45, 2.75) is 25.7 Å². The number of fused-ring (bicyclic) bond motifs is 1. The van der Waals surface area contributed by atoms with Crippen LogP contribution < -0.4 is 15.0 Å². The Labute approximate surface area is 168 Å². The van der Waals surface area contributed by atoms with Crippen LogP contribution in [-0.4, -0.2) is 53.2 Å². The largest absolute Gasteiger partial charge is 0.493 e. The van der Waals surface area contributed by atoms with E-state index in [1.54, 1.807) is 26.2 Å². The Bertz CT molecular complexity index is 1150. The van der Waals surface area contributed by atoms with Crippen LogP contribution in [0.4, 0.5) is 0 Å². The lowest BCUT2D eigenvalue weighted by Crippen LogP contribution is -2.20. The lowest BCUT2D eigenvalue weighted by atomic mass is 10.0. The van der Waals surface area contributed by atoms with E-state index in [1.165, 1.54) is 10.6 Å². The third-order valence-corrected chi connectivity index (χ3v) is 5.50. The maximum absolute atomic E-state index is 12.8. The van der Waals surface area contributed by atoms with Crippen LogP contribution in [0.5, 0.6) is 11.5 Å². The molecule has 0 aliphatic carbocycles. The number of ether oxygens (including phenoxy) is 2. The number of likely N-dealkylation sites (tertiary alicyclic amines) is 1. The number of methoxy groups -OCH3 is 2. The summed E-state index contributed by atoms with van der Waals surface area (Å²) in [6.45, 7) is 2.59. The Morgan fingerprint density at radius 2 is 1.93 bits per heavy atom. The molecule has 1 fully saturated rings. The van der Waals surface area contributed by atoms with Gasteiger partial charge in [0.2, 0.25) is 5.91 Å². The monoisotopic (exact) mass is 396 g/mol. The quantitative estimate of drug-likeness (QED) is 0.714. The Hall–Kier alpha value is -3.29. The van der Waals surface area contributed by atoms with Crippen molar-refractivity contribution in [3.05, 3.63) is 46.0 Å². The molecule has 0 radical (unpaired) electrons. The van der Waals surface area contributed by atoms with Crippen molar-refractivity contribution in [3.8, 4) is 22.6 Å². The van der Waals surface area contributed by atoms with Crippen LogP contribution in [0.25, 0.3) is 16.8 Å². The second-order valence-corrected chi connectivity index (χ2v) is 7.24. The van der Waals surface area contributed by atoms with Crippen LogP contribution in [0, 0.1) is 0 Å². The molecule has 0 spiro atoms. The topological polar surface area (TPSA) is 88.9 Å². The first-order chi connectivity index (χ1) is 14.0. The average molecular weight is 396 g/mol. The summed E-state index contributed by atoms with van der Waals surface area (Å²) in [7, 11) is 4.95. The summed E-state index contributed by atoms with van der Waals surface area (Å²) >= 11 is 0. The van der Waals surface area contributed by atoms with Gasteiger partial charge in [0.25, 0.3) is 5.56 Å². The van der Waals surface area contributed by atoms with Gasteiger partial charge < -0.3 is 14.4 Å². The summed E-state index contributed by atoms with van der Waals surface area (Å²) in [5.74, 6) is 1.23. The first-order valence-electron chi connectivity index (χ1n) is 9.57. The van der Waals surface area contributed by atoms with E-state index in [4.69, 9.17) is 14.5 Å². The lowest BCUT2D eigenvalue weighted by molar-refractivity contribution is -0.126. The number of carbonyl (C=O) groups is 1. The molecule has 4 rings (SSSR count). The van der Waals surface area contributed by atoms with Gasteiger partial charge in [-0.05, 0) is 24.1 Å². The van der Waals surface area contributed by atoms with Crippen molar-refractivity contribution in [3.63, 3.8) is 0 Å². The zero-order chi connectivity index (χ0) is 20.7. The molecule has 1 aliphatic heterocycles. The SMILES string of the molecule is CCc1[nH]n2c(=O)cc([C@@H]3CC(=O)N(C)C3)nc2c1-c1ccc(OC)c(OC)c1. The number of benzene rings is 1. The molecule has 152 valence electrons. The van der Waals surface area contributed by atoms with E-state index in [0.29, 0.717) is 42.2 Å². The molecule has 3 aromatic rings. The molecule has 3 heterocycles. The van der Waals surface area contributed by atoms with Crippen molar-refractivity contribution >= 4 is 11.6 Å². The standard InChI is InChI=1S/C21H24N4O4/c1-5-14-20(12-6-7-16(28-3)17(8-12)29-4)21-22-15(10-19(27)25(21)23-14)13-9-18(26)24(2)11-13/h6-8,10,13,23H,5,9,11H2,1-4H3/t13-/m1/s1. The first kappa shape index (κ1) is 19.0. The second-order valence-electron chi connectivity index (χ2n) is 7.24. The fourth-order valence-electron chi connectivity index (χ4n) is 3.92. The molecular weight excluding hydrogens is 372 g/mol. The fraction of sp³-hybridized carbons (Fsp3) is 0.381. The Morgan fingerprint density at radius 1 is 1.17 bits per heavy atom. The number of aromatic nitrogens is 3. The molecule has 1 saturated heterocycles. The Morgan fingerprint density at radius 3 is 2.55 bits per heavy atom. The molecule has 0 unspecified atom stereocenters. The minimum absolute atomic E-state index is 0.0698. The van der Waals surface area contributed by atoms with Gasteiger partial charge in [0, 0.05) is 43.3 Å². The predicted octanol–water partition coefficient (Wildman–Crippen LogP) is 2.21. The van der Waals surface area contributed by atoms with Gasteiger partial charge in [-0.2, -0.15) is 0 Å². The van der Waals surface area contributed by atoms with E-state index >= 15 is 0 Å².